The fourth-order valence-electron chi connectivity index (χ4n) is 2.15. The van der Waals surface area contributed by atoms with Crippen LogP contribution >= 0.6 is 15.9 Å². The average Bonchev–Trinajstić information content (AvgIpc) is 3.05. The molecule has 1 aromatic heterocycles. The van der Waals surface area contributed by atoms with Crippen LogP contribution in [0.5, 0.6) is 0 Å². The van der Waals surface area contributed by atoms with Gasteiger partial charge in [-0.1, -0.05) is 6.07 Å². The Bertz CT molecular complexity index is 528. The lowest BCUT2D eigenvalue weighted by Gasteiger charge is -2.06. The number of para-hydroxylation sites is 1. The minimum atomic E-state index is 0.658. The Morgan fingerprint density at radius 2 is 2.25 bits per heavy atom. The number of fused-ring (bicyclic) bond motifs is 1. The van der Waals surface area contributed by atoms with Gasteiger partial charge in [0.25, 0.3) is 0 Å². The van der Waals surface area contributed by atoms with Crippen molar-refractivity contribution in [3.8, 4) is 0 Å². The highest BCUT2D eigenvalue weighted by Gasteiger charge is 2.29. The van der Waals surface area contributed by atoms with Crippen LogP contribution in [0.3, 0.4) is 0 Å². The van der Waals surface area contributed by atoms with E-state index in [0.29, 0.717) is 12.5 Å². The van der Waals surface area contributed by atoms with Gasteiger partial charge in [0.2, 0.25) is 0 Å². The van der Waals surface area contributed by atoms with Gasteiger partial charge in [-0.15, -0.1) is 0 Å². The molecule has 1 aromatic carbocycles. The minimum Gasteiger partial charge on any atom is -0.329 e. The molecule has 1 saturated carbocycles. The Morgan fingerprint density at radius 1 is 1.44 bits per heavy atom. The summed E-state index contributed by atoms with van der Waals surface area (Å²) in [4.78, 5) is 4.75. The van der Waals surface area contributed by atoms with Crippen LogP contribution in [0.15, 0.2) is 22.7 Å². The zero-order valence-electron chi connectivity index (χ0n) is 8.99. The Labute approximate surface area is 103 Å². The van der Waals surface area contributed by atoms with E-state index in [1.54, 1.807) is 0 Å². The van der Waals surface area contributed by atoms with Crippen molar-refractivity contribution in [1.29, 1.82) is 0 Å². The molecule has 0 spiro atoms. The van der Waals surface area contributed by atoms with Gasteiger partial charge in [0, 0.05) is 23.5 Å². The number of halogens is 1. The standard InChI is InChI=1S/C12H14BrN3/c13-9-2-1-3-10-11(9)15-12(8-4-5-8)16(10)7-6-14/h1-3,8H,4-7,14H2. The molecule has 1 aliphatic rings. The van der Waals surface area contributed by atoms with Crippen molar-refractivity contribution in [3.63, 3.8) is 0 Å². The molecule has 0 aliphatic heterocycles. The molecule has 2 N–H and O–H groups in total. The fourth-order valence-corrected chi connectivity index (χ4v) is 2.59. The third-order valence-electron chi connectivity index (χ3n) is 3.05. The molecule has 1 aliphatic carbocycles. The molecule has 0 unspecified atom stereocenters. The van der Waals surface area contributed by atoms with Crippen molar-refractivity contribution in [2.24, 2.45) is 5.73 Å². The molecule has 0 bridgehead atoms. The highest BCUT2D eigenvalue weighted by Crippen LogP contribution is 2.41. The number of rotatable bonds is 3. The molecular weight excluding hydrogens is 266 g/mol. The van der Waals surface area contributed by atoms with E-state index in [1.807, 2.05) is 6.07 Å². The topological polar surface area (TPSA) is 43.8 Å². The lowest BCUT2D eigenvalue weighted by Crippen LogP contribution is -2.12. The molecule has 4 heteroatoms. The normalized spacial score (nSPS) is 15.9. The molecule has 1 fully saturated rings. The van der Waals surface area contributed by atoms with Crippen molar-refractivity contribution < 1.29 is 0 Å². The van der Waals surface area contributed by atoms with Gasteiger partial charge in [-0.3, -0.25) is 0 Å². The average molecular weight is 280 g/mol. The number of hydrogen-bond acceptors (Lipinski definition) is 2. The third kappa shape index (κ3) is 1.57. The Morgan fingerprint density at radius 3 is 2.94 bits per heavy atom. The molecule has 0 amide bonds. The van der Waals surface area contributed by atoms with Crippen LogP contribution in [0.1, 0.15) is 24.6 Å². The quantitative estimate of drug-likeness (QED) is 0.939. The smallest absolute Gasteiger partial charge is 0.113 e. The van der Waals surface area contributed by atoms with Crippen molar-refractivity contribution in [2.45, 2.75) is 25.3 Å². The van der Waals surface area contributed by atoms with Gasteiger partial charge in [0.15, 0.2) is 0 Å². The lowest BCUT2D eigenvalue weighted by atomic mass is 10.3. The molecule has 3 nitrogen and oxygen atoms in total. The monoisotopic (exact) mass is 279 g/mol. The molecular formula is C12H14BrN3. The number of nitrogens with zero attached hydrogens (tertiary/aromatic N) is 2. The zero-order valence-corrected chi connectivity index (χ0v) is 10.6. The molecule has 16 heavy (non-hydrogen) atoms. The van der Waals surface area contributed by atoms with E-state index in [4.69, 9.17) is 10.7 Å². The molecule has 0 radical (unpaired) electrons. The van der Waals surface area contributed by atoms with E-state index < -0.39 is 0 Å². The summed E-state index contributed by atoms with van der Waals surface area (Å²) in [5.74, 6) is 1.87. The predicted molar refractivity (Wildman–Crippen MR) is 68.5 cm³/mol. The second kappa shape index (κ2) is 3.86. The first kappa shape index (κ1) is 10.3. The summed E-state index contributed by atoms with van der Waals surface area (Å²) in [6.45, 7) is 1.52. The maximum atomic E-state index is 5.68. The largest absolute Gasteiger partial charge is 0.329 e. The van der Waals surface area contributed by atoms with Gasteiger partial charge < -0.3 is 10.3 Å². The Hall–Kier alpha value is -0.870. The van der Waals surface area contributed by atoms with E-state index in [-0.39, 0.29) is 0 Å². The SMILES string of the molecule is NCCn1c(C2CC2)nc2c(Br)cccc21. The van der Waals surface area contributed by atoms with Crippen LogP contribution < -0.4 is 5.73 Å². The van der Waals surface area contributed by atoms with Crippen LogP contribution in [-0.2, 0) is 6.54 Å². The first-order chi connectivity index (χ1) is 7.81. The Kier molecular flexibility index (Phi) is 2.48. The zero-order chi connectivity index (χ0) is 11.1. The van der Waals surface area contributed by atoms with Gasteiger partial charge in [0.05, 0.1) is 5.52 Å². The van der Waals surface area contributed by atoms with Crippen LogP contribution in [0.25, 0.3) is 11.0 Å². The van der Waals surface area contributed by atoms with Gasteiger partial charge in [-0.05, 0) is 40.9 Å². The number of imidazole rings is 1. The van der Waals surface area contributed by atoms with Crippen molar-refractivity contribution in [3.05, 3.63) is 28.5 Å². The summed E-state index contributed by atoms with van der Waals surface area (Å²) in [6, 6.07) is 6.21. The molecule has 3 rings (SSSR count). The van der Waals surface area contributed by atoms with Crippen LogP contribution in [0, 0.1) is 0 Å². The Balaban J connectivity index is 2.23. The first-order valence-electron chi connectivity index (χ1n) is 5.66. The van der Waals surface area contributed by atoms with Gasteiger partial charge >= 0.3 is 0 Å². The molecule has 0 atom stereocenters. The maximum absolute atomic E-state index is 5.68. The minimum absolute atomic E-state index is 0.658. The van der Waals surface area contributed by atoms with Crippen LogP contribution in [0.4, 0.5) is 0 Å². The summed E-state index contributed by atoms with van der Waals surface area (Å²) < 4.78 is 3.35. The van der Waals surface area contributed by atoms with Crippen LogP contribution in [0.2, 0.25) is 0 Å². The van der Waals surface area contributed by atoms with E-state index in [9.17, 15) is 0 Å². The summed E-state index contributed by atoms with van der Waals surface area (Å²) in [6.07, 6.45) is 2.54. The summed E-state index contributed by atoms with van der Waals surface area (Å²) in [5.41, 5.74) is 7.94. The van der Waals surface area contributed by atoms with Crippen molar-refractivity contribution in [2.75, 3.05) is 6.54 Å². The number of benzene rings is 1. The number of hydrogen-bond donors (Lipinski definition) is 1. The second-order valence-corrected chi connectivity index (χ2v) is 5.15. The second-order valence-electron chi connectivity index (χ2n) is 4.29. The van der Waals surface area contributed by atoms with E-state index in [2.05, 4.69) is 32.6 Å². The van der Waals surface area contributed by atoms with Crippen molar-refractivity contribution >= 4 is 27.0 Å². The molecule has 0 saturated heterocycles. The first-order valence-corrected chi connectivity index (χ1v) is 6.45. The van der Waals surface area contributed by atoms with Gasteiger partial charge in [-0.2, -0.15) is 0 Å². The predicted octanol–water partition coefficient (Wildman–Crippen LogP) is 2.63. The van der Waals surface area contributed by atoms with E-state index in [1.165, 1.54) is 24.2 Å². The highest BCUT2D eigenvalue weighted by molar-refractivity contribution is 9.10. The lowest BCUT2D eigenvalue weighted by molar-refractivity contribution is 0.680. The van der Waals surface area contributed by atoms with Crippen LogP contribution in [-0.4, -0.2) is 16.1 Å². The summed E-state index contributed by atoms with van der Waals surface area (Å²) in [7, 11) is 0. The van der Waals surface area contributed by atoms with Gasteiger partial charge in [0.1, 0.15) is 11.3 Å². The molecule has 1 heterocycles. The number of nitrogens with two attached hydrogens (primary N) is 1. The van der Waals surface area contributed by atoms with Gasteiger partial charge in [-0.25, -0.2) is 4.98 Å². The van der Waals surface area contributed by atoms with E-state index in [0.717, 1.165) is 16.5 Å². The summed E-state index contributed by atoms with van der Waals surface area (Å²) >= 11 is 3.56. The van der Waals surface area contributed by atoms with Crippen molar-refractivity contribution in [1.82, 2.24) is 9.55 Å². The molecule has 2 aromatic rings. The number of aromatic nitrogens is 2. The molecule has 84 valence electrons. The van der Waals surface area contributed by atoms with E-state index >= 15 is 0 Å². The maximum Gasteiger partial charge on any atom is 0.113 e. The third-order valence-corrected chi connectivity index (χ3v) is 3.69. The highest BCUT2D eigenvalue weighted by atomic mass is 79.9. The fraction of sp³-hybridized carbons (Fsp3) is 0.417. The summed E-state index contributed by atoms with van der Waals surface area (Å²) in [5, 5.41) is 0.